The lowest BCUT2D eigenvalue weighted by Crippen LogP contribution is -2.54. The number of azo groups is 1. The summed E-state index contributed by atoms with van der Waals surface area (Å²) in [5.41, 5.74) is 3.80. The van der Waals surface area contributed by atoms with Crippen LogP contribution in [0.3, 0.4) is 0 Å². The first kappa shape index (κ1) is 32.6. The lowest BCUT2D eigenvalue weighted by Gasteiger charge is -2.36. The molecule has 1 aromatic carbocycles. The molecular weight excluding hydrogens is 620 g/mol. The molecular formula is C33H38N8O7. The van der Waals surface area contributed by atoms with Gasteiger partial charge < -0.3 is 19.5 Å². The fourth-order valence-electron chi connectivity index (χ4n) is 6.58. The van der Waals surface area contributed by atoms with Gasteiger partial charge in [-0.05, 0) is 45.7 Å². The quantitative estimate of drug-likeness (QED) is 0.185. The smallest absolute Gasteiger partial charge is 0.343 e. The highest BCUT2D eigenvalue weighted by molar-refractivity contribution is 6.13. The summed E-state index contributed by atoms with van der Waals surface area (Å²) in [5, 5.41) is 17.4. The highest BCUT2D eigenvalue weighted by Crippen LogP contribution is 2.41. The molecule has 0 bridgehead atoms. The van der Waals surface area contributed by atoms with Gasteiger partial charge in [-0.25, -0.2) is 19.1 Å². The number of aromatic nitrogens is 2. The van der Waals surface area contributed by atoms with Crippen molar-refractivity contribution in [3.63, 3.8) is 0 Å². The largest absolute Gasteiger partial charge is 0.464 e. The molecule has 1 saturated heterocycles. The molecule has 48 heavy (non-hydrogen) atoms. The molecule has 252 valence electrons. The minimum atomic E-state index is -0.873. The predicted octanol–water partition coefficient (Wildman–Crippen LogP) is 3.31. The number of hydrogen-bond acceptors (Lipinski definition) is 13. The second-order valence-corrected chi connectivity index (χ2v) is 11.6. The van der Waals surface area contributed by atoms with Gasteiger partial charge in [-0.2, -0.15) is 15.3 Å². The molecule has 3 aliphatic heterocycles. The third-order valence-electron chi connectivity index (χ3n) is 8.71. The Kier molecular flexibility index (Phi) is 9.64. The lowest BCUT2D eigenvalue weighted by atomic mass is 9.91. The monoisotopic (exact) mass is 658 g/mol. The molecule has 4 heterocycles. The molecule has 15 nitrogen and oxygen atoms in total. The molecule has 2 aromatic rings. The van der Waals surface area contributed by atoms with Crippen LogP contribution in [0.15, 0.2) is 76.1 Å². The Morgan fingerprint density at radius 2 is 1.60 bits per heavy atom. The summed E-state index contributed by atoms with van der Waals surface area (Å²) in [7, 11) is 0. The molecule has 2 aliphatic carbocycles. The van der Waals surface area contributed by atoms with Crippen LogP contribution in [0.2, 0.25) is 0 Å². The van der Waals surface area contributed by atoms with E-state index in [9.17, 15) is 19.2 Å². The van der Waals surface area contributed by atoms with Crippen molar-refractivity contribution in [2.75, 3.05) is 25.1 Å². The third kappa shape index (κ3) is 6.19. The van der Waals surface area contributed by atoms with Crippen LogP contribution in [0.25, 0.3) is 0 Å². The number of carbonyl (C=O) groups excluding carboxylic acids is 4. The number of benzene rings is 1. The van der Waals surface area contributed by atoms with Crippen LogP contribution in [0.5, 0.6) is 0 Å². The third-order valence-corrected chi connectivity index (χ3v) is 8.71. The highest BCUT2D eigenvalue weighted by atomic mass is 16.5. The number of carbonyl (C=O) groups is 4. The van der Waals surface area contributed by atoms with Gasteiger partial charge in [0.1, 0.15) is 17.4 Å². The number of amidine groups is 1. The maximum Gasteiger partial charge on any atom is 0.343 e. The standard InChI is InChI=1S/C18H19N5O3.C15H19N3O4/c1-2-26-18(25)14-12-9-6-10-13(12)23-16(19-14)15(17(24)22-23)21-20-11-7-4-3-5-8-11;1-3-21-14(19)10-8-16-18-11-7-5-6-9(11)12(17-13(10)18)15(20)22-4-2/h3-8,10,12-15H,2,9H2,1H3,(H,22,24);5,7-9,11-12,17H,3-4,6H2,1-2H3. The first-order valence-corrected chi connectivity index (χ1v) is 16.2. The number of amides is 1. The fourth-order valence-corrected chi connectivity index (χ4v) is 6.58. The Hall–Kier alpha value is -5.34. The maximum atomic E-state index is 12.4. The normalized spacial score (nSPS) is 27.4. The van der Waals surface area contributed by atoms with E-state index in [0.717, 1.165) is 6.42 Å². The van der Waals surface area contributed by atoms with Gasteiger partial charge in [-0.1, -0.05) is 42.5 Å². The second kappa shape index (κ2) is 14.2. The molecule has 1 aromatic heterocycles. The lowest BCUT2D eigenvalue weighted by molar-refractivity contribution is -0.147. The summed E-state index contributed by atoms with van der Waals surface area (Å²) in [4.78, 5) is 53.6. The number of hydrazine groups is 1. The van der Waals surface area contributed by atoms with Gasteiger partial charge in [0.25, 0.3) is 5.91 Å². The van der Waals surface area contributed by atoms with Crippen molar-refractivity contribution in [1.82, 2.24) is 20.2 Å². The molecule has 2 N–H and O–H groups in total. The van der Waals surface area contributed by atoms with E-state index in [1.165, 1.54) is 6.20 Å². The van der Waals surface area contributed by atoms with E-state index >= 15 is 0 Å². The Morgan fingerprint density at radius 3 is 2.33 bits per heavy atom. The van der Waals surface area contributed by atoms with Gasteiger partial charge in [0, 0.05) is 11.8 Å². The van der Waals surface area contributed by atoms with E-state index in [1.807, 2.05) is 42.5 Å². The molecule has 7 rings (SSSR count). The Morgan fingerprint density at radius 1 is 0.917 bits per heavy atom. The highest BCUT2D eigenvalue weighted by Gasteiger charge is 2.51. The zero-order chi connectivity index (χ0) is 33.8. The van der Waals surface area contributed by atoms with Crippen LogP contribution in [0.4, 0.5) is 11.5 Å². The number of esters is 3. The number of rotatable bonds is 8. The van der Waals surface area contributed by atoms with Crippen LogP contribution < -0.4 is 10.7 Å². The summed E-state index contributed by atoms with van der Waals surface area (Å²) >= 11 is 0. The average Bonchev–Trinajstić information content (AvgIpc) is 3.89. The number of fused-ring (bicyclic) bond motifs is 6. The minimum Gasteiger partial charge on any atom is -0.464 e. The summed E-state index contributed by atoms with van der Waals surface area (Å²) in [6, 6.07) is 7.00. The van der Waals surface area contributed by atoms with Crippen molar-refractivity contribution < 1.29 is 33.4 Å². The molecule has 0 radical (unpaired) electrons. The van der Waals surface area contributed by atoms with Gasteiger partial charge in [0.2, 0.25) is 6.04 Å². The van der Waals surface area contributed by atoms with E-state index in [0.29, 0.717) is 42.5 Å². The van der Waals surface area contributed by atoms with E-state index in [-0.39, 0.29) is 48.4 Å². The van der Waals surface area contributed by atoms with Gasteiger partial charge in [-0.15, -0.1) is 0 Å². The van der Waals surface area contributed by atoms with Crippen molar-refractivity contribution in [3.8, 4) is 0 Å². The fraction of sp³-hybridized carbons (Fsp3) is 0.455. The van der Waals surface area contributed by atoms with E-state index < -0.39 is 24.1 Å². The summed E-state index contributed by atoms with van der Waals surface area (Å²) in [6.45, 7) is 6.20. The molecule has 7 unspecified atom stereocenters. The van der Waals surface area contributed by atoms with Crippen molar-refractivity contribution in [1.29, 1.82) is 0 Å². The Labute approximate surface area is 277 Å². The zero-order valence-electron chi connectivity index (χ0n) is 26.9. The number of nitrogens with one attached hydrogen (secondary N) is 2. The molecule has 1 amide bonds. The summed E-state index contributed by atoms with van der Waals surface area (Å²) < 4.78 is 17.1. The molecule has 0 saturated carbocycles. The summed E-state index contributed by atoms with van der Waals surface area (Å²) in [6.07, 6.45) is 11.0. The first-order valence-electron chi connectivity index (χ1n) is 16.2. The minimum absolute atomic E-state index is 0.0431. The summed E-state index contributed by atoms with van der Waals surface area (Å²) in [5.74, 6) is -0.486. The maximum absolute atomic E-state index is 12.4. The Balaban J connectivity index is 0.000000170. The zero-order valence-corrected chi connectivity index (χ0v) is 26.9. The number of hydrogen-bond donors (Lipinski definition) is 2. The second-order valence-electron chi connectivity index (χ2n) is 11.6. The van der Waals surface area contributed by atoms with Gasteiger partial charge in [0.05, 0.1) is 43.8 Å². The van der Waals surface area contributed by atoms with Crippen molar-refractivity contribution >= 4 is 41.2 Å². The van der Waals surface area contributed by atoms with Crippen LogP contribution in [-0.2, 0) is 28.6 Å². The number of aliphatic imine (C=N–C) groups is 1. The molecule has 7 atom stereocenters. The van der Waals surface area contributed by atoms with Crippen LogP contribution in [-0.4, -0.2) is 88.4 Å². The molecule has 15 heteroatoms. The van der Waals surface area contributed by atoms with Crippen molar-refractivity contribution in [2.24, 2.45) is 27.1 Å². The van der Waals surface area contributed by atoms with Gasteiger partial charge in [-0.3, -0.25) is 20.2 Å². The number of allylic oxidation sites excluding steroid dienone is 3. The number of ether oxygens (including phenoxy) is 3. The van der Waals surface area contributed by atoms with Crippen LogP contribution in [0.1, 0.15) is 50.0 Å². The molecule has 5 aliphatic rings. The predicted molar refractivity (Wildman–Crippen MR) is 172 cm³/mol. The van der Waals surface area contributed by atoms with Crippen molar-refractivity contribution in [3.05, 3.63) is 66.4 Å². The van der Waals surface area contributed by atoms with E-state index in [1.54, 1.807) is 42.6 Å². The van der Waals surface area contributed by atoms with E-state index in [2.05, 4.69) is 31.1 Å². The molecule has 0 spiro atoms. The van der Waals surface area contributed by atoms with Crippen LogP contribution in [0, 0.1) is 11.8 Å². The average molecular weight is 659 g/mol. The topological polar surface area (TPSA) is 178 Å². The number of anilines is 1. The SMILES string of the molecule is CCOC(=O)C1N=C2C(N=Nc3ccccc3)C(=O)NN2C2C=CCC12.CCOC(=O)c1cnn2c1NC(C(=O)OCC)C1CC=CC12. The number of nitrogens with zero attached hydrogens (tertiary/aromatic N) is 6. The van der Waals surface area contributed by atoms with Gasteiger partial charge >= 0.3 is 17.9 Å². The van der Waals surface area contributed by atoms with E-state index in [4.69, 9.17) is 14.2 Å². The Bertz CT molecular complexity index is 1670. The van der Waals surface area contributed by atoms with Crippen LogP contribution >= 0.6 is 0 Å². The first-order chi connectivity index (χ1) is 23.4. The van der Waals surface area contributed by atoms with Gasteiger partial charge in [0.15, 0.2) is 11.9 Å². The molecule has 1 fully saturated rings. The van der Waals surface area contributed by atoms with Crippen molar-refractivity contribution in [2.45, 2.75) is 63.8 Å².